The monoisotopic (exact) mass is 379 g/mol. The van der Waals surface area contributed by atoms with Gasteiger partial charge in [-0.2, -0.15) is 0 Å². The number of carbonyl (C=O) groups excluding carboxylic acids is 2. The van der Waals surface area contributed by atoms with Crippen molar-refractivity contribution in [3.8, 4) is 0 Å². The Labute approximate surface area is 164 Å². The first-order valence-electron chi connectivity index (χ1n) is 9.55. The Morgan fingerprint density at radius 3 is 2.61 bits per heavy atom. The summed E-state index contributed by atoms with van der Waals surface area (Å²) in [7, 11) is 2.09. The van der Waals surface area contributed by atoms with E-state index in [0.29, 0.717) is 29.3 Å². The highest BCUT2D eigenvalue weighted by Gasteiger charge is 2.32. The highest BCUT2D eigenvalue weighted by Crippen LogP contribution is 2.38. The summed E-state index contributed by atoms with van der Waals surface area (Å²) in [6, 6.07) is 7.30. The number of hydrogen-bond donors (Lipinski definition) is 1. The second-order valence-corrected chi connectivity index (χ2v) is 7.59. The van der Waals surface area contributed by atoms with Crippen molar-refractivity contribution in [1.82, 2.24) is 14.8 Å². The number of nitrogens with zero attached hydrogens (tertiary/aromatic N) is 4. The summed E-state index contributed by atoms with van der Waals surface area (Å²) in [5.41, 5.74) is 3.83. The molecule has 1 N–H and O–H groups in total. The summed E-state index contributed by atoms with van der Waals surface area (Å²) in [5, 5.41) is 2.95. The quantitative estimate of drug-likeness (QED) is 0.866. The van der Waals surface area contributed by atoms with E-state index in [1.165, 1.54) is 0 Å². The molecule has 0 aliphatic carbocycles. The normalized spacial score (nSPS) is 17.5. The number of piperazine rings is 1. The minimum Gasteiger partial charge on any atom is -0.320 e. The average Bonchev–Trinajstić information content (AvgIpc) is 2.78. The molecule has 0 bridgehead atoms. The van der Waals surface area contributed by atoms with Gasteiger partial charge in [-0.05, 0) is 56.3 Å². The van der Waals surface area contributed by atoms with Crippen molar-refractivity contribution in [3.63, 3.8) is 0 Å². The lowest BCUT2D eigenvalue weighted by atomic mass is 10.1. The van der Waals surface area contributed by atoms with Gasteiger partial charge in [0.1, 0.15) is 0 Å². The number of fused-ring (bicyclic) bond motifs is 2. The third kappa shape index (κ3) is 3.39. The number of hydrogen-bond acceptors (Lipinski definition) is 5. The molecular weight excluding hydrogens is 354 g/mol. The van der Waals surface area contributed by atoms with Gasteiger partial charge in [0, 0.05) is 32.4 Å². The van der Waals surface area contributed by atoms with Gasteiger partial charge >= 0.3 is 0 Å². The number of aromatic nitrogens is 1. The average molecular weight is 379 g/mol. The molecule has 28 heavy (non-hydrogen) atoms. The molecule has 1 aromatic carbocycles. The molecule has 0 unspecified atom stereocenters. The zero-order valence-corrected chi connectivity index (χ0v) is 16.5. The molecule has 2 amide bonds. The number of aryl methyl sites for hydroxylation is 2. The van der Waals surface area contributed by atoms with Gasteiger partial charge in [-0.3, -0.25) is 19.4 Å². The lowest BCUT2D eigenvalue weighted by Gasteiger charge is -2.33. The summed E-state index contributed by atoms with van der Waals surface area (Å²) in [6.07, 6.45) is 1.62. The fraction of sp³-hybridized carbons (Fsp3) is 0.381. The molecule has 0 radical (unpaired) electrons. The maximum atomic E-state index is 13.4. The Bertz CT molecular complexity index is 934. The van der Waals surface area contributed by atoms with Crippen LogP contribution in [0.2, 0.25) is 0 Å². The maximum absolute atomic E-state index is 13.4. The molecule has 7 heteroatoms. The highest BCUT2D eigenvalue weighted by atomic mass is 16.2. The molecule has 1 saturated heterocycles. The van der Waals surface area contributed by atoms with Crippen molar-refractivity contribution < 1.29 is 9.59 Å². The van der Waals surface area contributed by atoms with Gasteiger partial charge in [0.2, 0.25) is 5.91 Å². The van der Waals surface area contributed by atoms with Crippen LogP contribution in [0.25, 0.3) is 0 Å². The molecule has 0 atom stereocenters. The van der Waals surface area contributed by atoms with E-state index < -0.39 is 0 Å². The molecule has 2 aromatic rings. The van der Waals surface area contributed by atoms with Crippen LogP contribution < -0.4 is 10.2 Å². The van der Waals surface area contributed by atoms with Crippen LogP contribution in [0.5, 0.6) is 0 Å². The first-order valence-corrected chi connectivity index (χ1v) is 9.55. The van der Waals surface area contributed by atoms with E-state index in [-0.39, 0.29) is 11.8 Å². The van der Waals surface area contributed by atoms with E-state index in [9.17, 15) is 9.59 Å². The van der Waals surface area contributed by atoms with E-state index in [1.807, 2.05) is 26.0 Å². The molecule has 4 rings (SSSR count). The van der Waals surface area contributed by atoms with E-state index >= 15 is 0 Å². The van der Waals surface area contributed by atoms with E-state index in [1.54, 1.807) is 23.2 Å². The van der Waals surface area contributed by atoms with Crippen molar-refractivity contribution in [1.29, 1.82) is 0 Å². The van der Waals surface area contributed by atoms with E-state index in [0.717, 1.165) is 37.3 Å². The fourth-order valence-corrected chi connectivity index (χ4v) is 3.66. The molecular formula is C21H25N5O2. The second kappa shape index (κ2) is 7.33. The smallest absolute Gasteiger partial charge is 0.259 e. The Kier molecular flexibility index (Phi) is 4.87. The number of pyridine rings is 1. The summed E-state index contributed by atoms with van der Waals surface area (Å²) in [6.45, 7) is 7.88. The molecule has 146 valence electrons. The van der Waals surface area contributed by atoms with Gasteiger partial charge in [0.25, 0.3) is 5.91 Å². The maximum Gasteiger partial charge on any atom is 0.259 e. The number of nitrogens with one attached hydrogen (secondary N) is 1. The Hall–Kier alpha value is -2.77. The van der Waals surface area contributed by atoms with Crippen LogP contribution in [0.3, 0.4) is 0 Å². The molecule has 7 nitrogen and oxygen atoms in total. The largest absolute Gasteiger partial charge is 0.320 e. The van der Waals surface area contributed by atoms with Gasteiger partial charge < -0.3 is 10.2 Å². The molecule has 2 aliphatic heterocycles. The first kappa shape index (κ1) is 18.6. The predicted molar refractivity (Wildman–Crippen MR) is 109 cm³/mol. The topological polar surface area (TPSA) is 68.8 Å². The lowest BCUT2D eigenvalue weighted by Crippen LogP contribution is -2.48. The first-order chi connectivity index (χ1) is 13.4. The van der Waals surface area contributed by atoms with Crippen molar-refractivity contribution >= 4 is 29.0 Å². The molecule has 0 spiro atoms. The van der Waals surface area contributed by atoms with Crippen molar-refractivity contribution in [2.45, 2.75) is 13.8 Å². The summed E-state index contributed by atoms with van der Waals surface area (Å²) < 4.78 is 0. The van der Waals surface area contributed by atoms with Gasteiger partial charge in [-0.1, -0.05) is 0 Å². The van der Waals surface area contributed by atoms with Crippen LogP contribution in [0.4, 0.5) is 17.2 Å². The van der Waals surface area contributed by atoms with Crippen molar-refractivity contribution in [2.24, 2.45) is 0 Å². The van der Waals surface area contributed by atoms with Crippen LogP contribution in [-0.2, 0) is 4.79 Å². The van der Waals surface area contributed by atoms with Crippen LogP contribution in [0, 0.1) is 13.8 Å². The third-order valence-electron chi connectivity index (χ3n) is 5.55. The zero-order valence-electron chi connectivity index (χ0n) is 16.5. The number of anilines is 3. The Balaban J connectivity index is 1.76. The van der Waals surface area contributed by atoms with Crippen LogP contribution in [0.1, 0.15) is 21.5 Å². The van der Waals surface area contributed by atoms with E-state index in [2.05, 4.69) is 27.1 Å². The standard InChI is InChI=1S/C21H25N5O2/c1-14-11-17-18(12-15(14)2)26(19(27)13-25-9-7-24(3)8-10-25)20-16(21(28)23-17)5-4-6-22-20/h4-6,11-12H,7-10,13H2,1-3H3,(H,23,28). The third-order valence-corrected chi connectivity index (χ3v) is 5.55. The van der Waals surface area contributed by atoms with Crippen LogP contribution in [0.15, 0.2) is 30.5 Å². The summed E-state index contributed by atoms with van der Waals surface area (Å²) in [5.74, 6) is 0.0640. The molecule has 3 heterocycles. The number of rotatable bonds is 2. The zero-order chi connectivity index (χ0) is 19.8. The highest BCUT2D eigenvalue weighted by molar-refractivity contribution is 6.17. The lowest BCUT2D eigenvalue weighted by molar-refractivity contribution is -0.119. The summed E-state index contributed by atoms with van der Waals surface area (Å²) >= 11 is 0. The van der Waals surface area contributed by atoms with Gasteiger partial charge in [0.05, 0.1) is 23.5 Å². The van der Waals surface area contributed by atoms with Gasteiger partial charge in [-0.25, -0.2) is 4.98 Å². The molecule has 0 saturated carbocycles. The SMILES string of the molecule is Cc1cc2c(cc1C)N(C(=O)CN1CCN(C)CC1)c1ncccc1C(=O)N2. The molecule has 2 aliphatic rings. The Morgan fingerprint density at radius 1 is 1.14 bits per heavy atom. The van der Waals surface area contributed by atoms with E-state index in [4.69, 9.17) is 0 Å². The number of likely N-dealkylation sites (N-methyl/N-ethyl adjacent to an activating group) is 1. The minimum atomic E-state index is -0.248. The number of amides is 2. The van der Waals surface area contributed by atoms with Gasteiger partial charge in [0.15, 0.2) is 5.82 Å². The van der Waals surface area contributed by atoms with Crippen molar-refractivity contribution in [2.75, 3.05) is 50.0 Å². The molecule has 1 fully saturated rings. The predicted octanol–water partition coefficient (Wildman–Crippen LogP) is 2.18. The van der Waals surface area contributed by atoms with Gasteiger partial charge in [-0.15, -0.1) is 0 Å². The molecule has 1 aromatic heterocycles. The number of benzene rings is 1. The van der Waals surface area contributed by atoms with Crippen molar-refractivity contribution in [3.05, 3.63) is 47.2 Å². The van der Waals surface area contributed by atoms with Crippen LogP contribution in [-0.4, -0.2) is 66.4 Å². The number of carbonyl (C=O) groups is 2. The van der Waals surface area contributed by atoms with Crippen LogP contribution >= 0.6 is 0 Å². The Morgan fingerprint density at radius 2 is 1.86 bits per heavy atom. The fourth-order valence-electron chi connectivity index (χ4n) is 3.66. The minimum absolute atomic E-state index is 0.0782. The second-order valence-electron chi connectivity index (χ2n) is 7.59. The summed E-state index contributed by atoms with van der Waals surface area (Å²) in [4.78, 5) is 36.6.